The molecule has 0 saturated carbocycles. The average molecular weight is 393 g/mol. The van der Waals surface area contributed by atoms with Crippen LogP contribution < -0.4 is 5.32 Å². The van der Waals surface area contributed by atoms with E-state index in [1.807, 2.05) is 0 Å². The second-order valence-electron chi connectivity index (χ2n) is 5.45. The minimum Gasteiger partial charge on any atom is -0.449 e. The highest BCUT2D eigenvalue weighted by Crippen LogP contribution is 2.26. The number of ether oxygens (including phenoxy) is 1. The molecule has 3 aromatic rings. The summed E-state index contributed by atoms with van der Waals surface area (Å²) in [6.45, 7) is 1.73. The molecule has 0 aliphatic rings. The molecule has 1 heterocycles. The molecule has 1 N–H and O–H groups in total. The van der Waals surface area contributed by atoms with Crippen LogP contribution in [0.25, 0.3) is 11.1 Å². The lowest BCUT2D eigenvalue weighted by atomic mass is 10.2. The molecule has 1 aromatic heterocycles. The van der Waals surface area contributed by atoms with Crippen LogP contribution in [0, 0.1) is 0 Å². The van der Waals surface area contributed by atoms with E-state index in [1.165, 1.54) is 18.5 Å². The average Bonchev–Trinajstić information content (AvgIpc) is 3.10. The number of halogens is 2. The molecule has 1 unspecified atom stereocenters. The Morgan fingerprint density at radius 2 is 2.04 bits per heavy atom. The van der Waals surface area contributed by atoms with Gasteiger partial charge in [0.05, 0.1) is 16.3 Å². The Balaban J connectivity index is 1.72. The Labute approximate surface area is 159 Å². The van der Waals surface area contributed by atoms with E-state index in [1.54, 1.807) is 31.2 Å². The molecule has 0 fully saturated rings. The van der Waals surface area contributed by atoms with Gasteiger partial charge in [0.1, 0.15) is 5.52 Å². The van der Waals surface area contributed by atoms with Gasteiger partial charge in [0.25, 0.3) is 5.91 Å². The molecular weight excluding hydrogens is 379 g/mol. The zero-order valence-electron chi connectivity index (χ0n) is 13.7. The molecule has 134 valence electrons. The number of amides is 1. The van der Waals surface area contributed by atoms with Crippen LogP contribution in [0.1, 0.15) is 23.7 Å². The van der Waals surface area contributed by atoms with Crippen molar-refractivity contribution in [3.63, 3.8) is 0 Å². The largest absolute Gasteiger partial charge is 0.449 e. The molecular formula is C18H14Cl2N2O4. The first-order valence-corrected chi connectivity index (χ1v) is 8.53. The molecule has 0 saturated heterocycles. The molecule has 26 heavy (non-hydrogen) atoms. The number of carbonyl (C=O) groups excluding carboxylic acids is 2. The number of fused-ring (bicyclic) bond motifs is 1. The van der Waals surface area contributed by atoms with Crippen molar-refractivity contribution in [1.29, 1.82) is 0 Å². The van der Waals surface area contributed by atoms with Gasteiger partial charge in [-0.2, -0.15) is 0 Å². The molecule has 0 aliphatic carbocycles. The maximum atomic E-state index is 12.4. The van der Waals surface area contributed by atoms with Crippen molar-refractivity contribution in [2.24, 2.45) is 0 Å². The smallest absolute Gasteiger partial charge is 0.339 e. The summed E-state index contributed by atoms with van der Waals surface area (Å²) in [6, 6.07) is 9.42. The summed E-state index contributed by atoms with van der Waals surface area (Å²) < 4.78 is 10.5. The van der Waals surface area contributed by atoms with Crippen molar-refractivity contribution in [1.82, 2.24) is 4.98 Å². The minimum absolute atomic E-state index is 0.265. The quantitative estimate of drug-likeness (QED) is 0.635. The second-order valence-corrected chi connectivity index (χ2v) is 6.29. The van der Waals surface area contributed by atoms with Crippen molar-refractivity contribution in [2.75, 3.05) is 5.32 Å². The fourth-order valence-electron chi connectivity index (χ4n) is 2.31. The molecule has 0 radical (unpaired) electrons. The Kier molecular flexibility index (Phi) is 5.44. The maximum absolute atomic E-state index is 12.4. The molecule has 0 spiro atoms. The van der Waals surface area contributed by atoms with Gasteiger partial charge in [-0.1, -0.05) is 30.1 Å². The van der Waals surface area contributed by atoms with Crippen molar-refractivity contribution in [3.05, 3.63) is 58.4 Å². The molecule has 6 nitrogen and oxygen atoms in total. The number of anilines is 1. The van der Waals surface area contributed by atoms with E-state index in [0.29, 0.717) is 33.3 Å². The summed E-state index contributed by atoms with van der Waals surface area (Å²) in [6.07, 6.45) is 0.597. The number of hydrogen-bond acceptors (Lipinski definition) is 5. The van der Waals surface area contributed by atoms with Gasteiger partial charge in [-0.05, 0) is 42.8 Å². The number of nitrogens with zero attached hydrogens (tertiary/aromatic N) is 1. The second kappa shape index (κ2) is 7.76. The Bertz CT molecular complexity index is 971. The first-order valence-electron chi connectivity index (χ1n) is 7.78. The lowest BCUT2D eigenvalue weighted by Gasteiger charge is -2.16. The van der Waals surface area contributed by atoms with E-state index < -0.39 is 18.0 Å². The van der Waals surface area contributed by atoms with E-state index in [9.17, 15) is 9.59 Å². The van der Waals surface area contributed by atoms with Crippen LogP contribution in [0.15, 0.2) is 47.2 Å². The predicted molar refractivity (Wildman–Crippen MR) is 98.6 cm³/mol. The predicted octanol–water partition coefficient (Wildman–Crippen LogP) is 4.71. The van der Waals surface area contributed by atoms with Crippen molar-refractivity contribution in [2.45, 2.75) is 19.4 Å². The summed E-state index contributed by atoms with van der Waals surface area (Å²) in [5.74, 6) is -1.13. The fraction of sp³-hybridized carbons (Fsp3) is 0.167. The topological polar surface area (TPSA) is 81.4 Å². The molecule has 0 bridgehead atoms. The van der Waals surface area contributed by atoms with E-state index in [0.717, 1.165) is 0 Å². The highest BCUT2D eigenvalue weighted by molar-refractivity contribution is 6.35. The zero-order valence-corrected chi connectivity index (χ0v) is 15.2. The Morgan fingerprint density at radius 3 is 2.81 bits per heavy atom. The number of nitrogens with one attached hydrogen (secondary N) is 1. The van der Waals surface area contributed by atoms with Gasteiger partial charge in [0.2, 0.25) is 0 Å². The van der Waals surface area contributed by atoms with Crippen LogP contribution in [-0.2, 0) is 9.53 Å². The molecule has 8 heteroatoms. The van der Waals surface area contributed by atoms with Gasteiger partial charge < -0.3 is 14.5 Å². The fourth-order valence-corrected chi connectivity index (χ4v) is 2.64. The Morgan fingerprint density at radius 1 is 1.23 bits per heavy atom. The van der Waals surface area contributed by atoms with Crippen LogP contribution in [0.5, 0.6) is 0 Å². The molecule has 1 atom stereocenters. The van der Waals surface area contributed by atoms with Gasteiger partial charge in [0, 0.05) is 5.02 Å². The highest BCUT2D eigenvalue weighted by atomic mass is 35.5. The summed E-state index contributed by atoms with van der Waals surface area (Å²) >= 11 is 11.9. The third kappa shape index (κ3) is 3.98. The lowest BCUT2D eigenvalue weighted by molar-refractivity contribution is -0.124. The van der Waals surface area contributed by atoms with Crippen LogP contribution in [0.3, 0.4) is 0 Å². The number of esters is 1. The van der Waals surface area contributed by atoms with Gasteiger partial charge >= 0.3 is 5.97 Å². The van der Waals surface area contributed by atoms with Gasteiger partial charge in [-0.25, -0.2) is 9.78 Å². The van der Waals surface area contributed by atoms with Crippen molar-refractivity contribution >= 4 is 51.9 Å². The maximum Gasteiger partial charge on any atom is 0.339 e. The van der Waals surface area contributed by atoms with Crippen LogP contribution in [0.4, 0.5) is 5.69 Å². The van der Waals surface area contributed by atoms with Gasteiger partial charge in [-0.15, -0.1) is 0 Å². The third-order valence-electron chi connectivity index (χ3n) is 3.67. The summed E-state index contributed by atoms with van der Waals surface area (Å²) in [4.78, 5) is 28.8. The highest BCUT2D eigenvalue weighted by Gasteiger charge is 2.23. The third-order valence-corrected chi connectivity index (χ3v) is 4.23. The minimum atomic E-state index is -0.983. The number of benzene rings is 2. The normalized spacial score (nSPS) is 12.0. The monoisotopic (exact) mass is 392 g/mol. The molecule has 3 rings (SSSR count). The van der Waals surface area contributed by atoms with Crippen molar-refractivity contribution in [3.8, 4) is 0 Å². The SMILES string of the molecule is CCC(OC(=O)c1ccc2ncoc2c1)C(=O)Nc1cc(Cl)ccc1Cl. The number of carbonyl (C=O) groups is 2. The molecule has 1 amide bonds. The van der Waals surface area contributed by atoms with Crippen LogP contribution in [-0.4, -0.2) is 23.0 Å². The standard InChI is InChI=1S/C18H14Cl2N2O4/c1-2-15(17(23)22-14-8-11(19)4-5-12(14)20)26-18(24)10-3-6-13-16(7-10)25-9-21-13/h3-9,15H,2H2,1H3,(H,22,23). The van der Waals surface area contributed by atoms with Crippen molar-refractivity contribution < 1.29 is 18.7 Å². The van der Waals surface area contributed by atoms with Gasteiger partial charge in [-0.3, -0.25) is 4.79 Å². The number of rotatable bonds is 5. The van der Waals surface area contributed by atoms with Gasteiger partial charge in [0.15, 0.2) is 18.1 Å². The number of oxazole rings is 1. The number of aromatic nitrogens is 1. The van der Waals surface area contributed by atoms with Crippen LogP contribution >= 0.6 is 23.2 Å². The van der Waals surface area contributed by atoms with E-state index in [-0.39, 0.29) is 5.56 Å². The lowest BCUT2D eigenvalue weighted by Crippen LogP contribution is -2.32. The summed E-state index contributed by atoms with van der Waals surface area (Å²) in [5.41, 5.74) is 1.70. The van der Waals surface area contributed by atoms with E-state index in [4.69, 9.17) is 32.4 Å². The molecule has 2 aromatic carbocycles. The first kappa shape index (κ1) is 18.2. The van der Waals surface area contributed by atoms with E-state index in [2.05, 4.69) is 10.3 Å². The Hall–Kier alpha value is -2.57. The zero-order chi connectivity index (χ0) is 18.7. The summed E-state index contributed by atoms with van der Waals surface area (Å²) in [7, 11) is 0. The molecule has 0 aliphatic heterocycles. The van der Waals surface area contributed by atoms with Crippen LogP contribution in [0.2, 0.25) is 10.0 Å². The summed E-state index contributed by atoms with van der Waals surface area (Å²) in [5, 5.41) is 3.38. The first-order chi connectivity index (χ1) is 12.5. The number of hydrogen-bond donors (Lipinski definition) is 1. The van der Waals surface area contributed by atoms with E-state index >= 15 is 0 Å².